The van der Waals surface area contributed by atoms with Crippen LogP contribution < -0.4 is 10.6 Å². The Bertz CT molecular complexity index is 462. The Morgan fingerprint density at radius 1 is 1.41 bits per heavy atom. The summed E-state index contributed by atoms with van der Waals surface area (Å²) in [5, 5.41) is 6.49. The third kappa shape index (κ3) is 5.41. The van der Waals surface area contributed by atoms with Crippen molar-refractivity contribution < 1.29 is 4.79 Å². The summed E-state index contributed by atoms with van der Waals surface area (Å²) in [4.78, 5) is 16.9. The van der Waals surface area contributed by atoms with Crippen molar-refractivity contribution in [1.82, 2.24) is 15.6 Å². The first-order chi connectivity index (χ1) is 9.59. The minimum absolute atomic E-state index is 0. The van der Waals surface area contributed by atoms with Crippen molar-refractivity contribution in [2.45, 2.75) is 39.7 Å². The van der Waals surface area contributed by atoms with Gasteiger partial charge in [0, 0.05) is 12.7 Å². The fraction of sp³-hybridized carbons (Fsp3) is 0.625. The first-order valence-electron chi connectivity index (χ1n) is 7.52. The molecule has 2 heterocycles. The highest BCUT2D eigenvalue weighted by Crippen LogP contribution is 2.23. The van der Waals surface area contributed by atoms with E-state index in [2.05, 4.69) is 29.5 Å². The van der Waals surface area contributed by atoms with Gasteiger partial charge in [0.1, 0.15) is 0 Å². The standard InChI is InChI=1S/C16H25N3O.2ClH/c1-11(2)14(15-12(3)6-4-9-18-15)19-16(20)13-7-5-8-17-10-13;;/h4,6,9,11,13-14,17H,5,7-8,10H2,1-3H3,(H,19,20);2*1H. The molecule has 0 aromatic carbocycles. The Hall–Kier alpha value is -0.840. The zero-order valence-corrected chi connectivity index (χ0v) is 15.1. The molecular weight excluding hydrogens is 321 g/mol. The van der Waals surface area contributed by atoms with E-state index in [1.54, 1.807) is 6.20 Å². The van der Waals surface area contributed by atoms with E-state index in [1.165, 1.54) is 0 Å². The fourth-order valence-electron chi connectivity index (χ4n) is 2.72. The van der Waals surface area contributed by atoms with E-state index in [1.807, 2.05) is 19.1 Å². The summed E-state index contributed by atoms with van der Waals surface area (Å²) in [6.07, 6.45) is 3.85. The molecule has 1 fully saturated rings. The van der Waals surface area contributed by atoms with Gasteiger partial charge < -0.3 is 10.6 Å². The van der Waals surface area contributed by atoms with Gasteiger partial charge in [0.05, 0.1) is 17.7 Å². The number of hydrogen-bond donors (Lipinski definition) is 2. The zero-order valence-electron chi connectivity index (χ0n) is 13.5. The van der Waals surface area contributed by atoms with E-state index in [4.69, 9.17) is 0 Å². The van der Waals surface area contributed by atoms with Gasteiger partial charge in [0.2, 0.25) is 5.91 Å². The van der Waals surface area contributed by atoms with Gasteiger partial charge in [-0.1, -0.05) is 19.9 Å². The normalized spacial score (nSPS) is 18.8. The monoisotopic (exact) mass is 347 g/mol. The van der Waals surface area contributed by atoms with Crippen molar-refractivity contribution in [2.24, 2.45) is 11.8 Å². The average Bonchev–Trinajstić information content (AvgIpc) is 2.46. The van der Waals surface area contributed by atoms with Gasteiger partial charge in [0.15, 0.2) is 0 Å². The van der Waals surface area contributed by atoms with E-state index in [0.29, 0.717) is 5.92 Å². The van der Waals surface area contributed by atoms with Crippen LogP contribution in [0.15, 0.2) is 18.3 Å². The van der Waals surface area contributed by atoms with Crippen molar-refractivity contribution in [1.29, 1.82) is 0 Å². The van der Waals surface area contributed by atoms with E-state index in [-0.39, 0.29) is 42.7 Å². The Morgan fingerprint density at radius 2 is 2.14 bits per heavy atom. The summed E-state index contributed by atoms with van der Waals surface area (Å²) < 4.78 is 0. The molecule has 1 amide bonds. The number of rotatable bonds is 4. The maximum atomic E-state index is 12.4. The first-order valence-corrected chi connectivity index (χ1v) is 7.52. The quantitative estimate of drug-likeness (QED) is 0.879. The predicted octanol–water partition coefficient (Wildman–Crippen LogP) is 3.05. The number of carbonyl (C=O) groups excluding carboxylic acids is 1. The highest BCUT2D eigenvalue weighted by Gasteiger charge is 2.26. The Kier molecular flexibility index (Phi) is 9.65. The molecule has 126 valence electrons. The number of halogens is 2. The van der Waals surface area contributed by atoms with E-state index in [0.717, 1.165) is 37.2 Å². The van der Waals surface area contributed by atoms with Crippen LogP contribution in [0, 0.1) is 18.8 Å². The van der Waals surface area contributed by atoms with Crippen LogP contribution in [0.1, 0.15) is 44.0 Å². The molecule has 2 atom stereocenters. The van der Waals surface area contributed by atoms with Crippen LogP contribution in [-0.4, -0.2) is 24.0 Å². The smallest absolute Gasteiger partial charge is 0.224 e. The molecule has 0 bridgehead atoms. The minimum Gasteiger partial charge on any atom is -0.347 e. The summed E-state index contributed by atoms with van der Waals surface area (Å²) in [5.41, 5.74) is 2.12. The summed E-state index contributed by atoms with van der Waals surface area (Å²) in [7, 11) is 0. The minimum atomic E-state index is -0.00868. The van der Waals surface area contributed by atoms with Crippen molar-refractivity contribution in [3.63, 3.8) is 0 Å². The van der Waals surface area contributed by atoms with Gasteiger partial charge in [-0.15, -0.1) is 24.8 Å². The van der Waals surface area contributed by atoms with Gasteiger partial charge in [-0.3, -0.25) is 9.78 Å². The Labute approximate surface area is 145 Å². The molecule has 2 unspecified atom stereocenters. The summed E-state index contributed by atoms with van der Waals surface area (Å²) in [6, 6.07) is 3.97. The van der Waals surface area contributed by atoms with Gasteiger partial charge in [-0.25, -0.2) is 0 Å². The highest BCUT2D eigenvalue weighted by atomic mass is 35.5. The van der Waals surface area contributed by atoms with E-state index in [9.17, 15) is 4.79 Å². The second-order valence-electron chi connectivity index (χ2n) is 5.98. The number of piperidine rings is 1. The third-order valence-electron chi connectivity index (χ3n) is 3.98. The molecular formula is C16H27Cl2N3O. The molecule has 6 heteroatoms. The van der Waals surface area contributed by atoms with Gasteiger partial charge in [-0.05, 0) is 43.9 Å². The number of hydrogen-bond acceptors (Lipinski definition) is 3. The van der Waals surface area contributed by atoms with Gasteiger partial charge in [-0.2, -0.15) is 0 Å². The molecule has 1 aromatic rings. The molecule has 2 N–H and O–H groups in total. The maximum absolute atomic E-state index is 12.4. The summed E-state index contributed by atoms with van der Waals surface area (Å²) in [5.74, 6) is 0.569. The van der Waals surface area contributed by atoms with Gasteiger partial charge >= 0.3 is 0 Å². The molecule has 4 nitrogen and oxygen atoms in total. The Balaban J connectivity index is 0.00000220. The lowest BCUT2D eigenvalue weighted by Crippen LogP contribution is -2.43. The molecule has 2 rings (SSSR count). The molecule has 0 saturated carbocycles. The molecule has 0 spiro atoms. The van der Waals surface area contributed by atoms with Crippen molar-refractivity contribution >= 4 is 30.7 Å². The number of nitrogens with zero attached hydrogens (tertiary/aromatic N) is 1. The van der Waals surface area contributed by atoms with E-state index < -0.39 is 0 Å². The number of aryl methyl sites for hydroxylation is 1. The summed E-state index contributed by atoms with van der Waals surface area (Å²) >= 11 is 0. The molecule has 0 radical (unpaired) electrons. The van der Waals surface area contributed by atoms with Crippen molar-refractivity contribution in [3.05, 3.63) is 29.6 Å². The van der Waals surface area contributed by atoms with E-state index >= 15 is 0 Å². The number of nitrogens with one attached hydrogen (secondary N) is 2. The van der Waals surface area contributed by atoms with Crippen LogP contribution in [0.5, 0.6) is 0 Å². The number of amides is 1. The second-order valence-corrected chi connectivity index (χ2v) is 5.98. The summed E-state index contributed by atoms with van der Waals surface area (Å²) in [6.45, 7) is 8.11. The average molecular weight is 348 g/mol. The van der Waals surface area contributed by atoms with Gasteiger partial charge in [0.25, 0.3) is 0 Å². The lowest BCUT2D eigenvalue weighted by atomic mass is 9.94. The SMILES string of the molecule is Cc1cccnc1C(NC(=O)C1CCCNC1)C(C)C.Cl.Cl. The molecule has 1 saturated heterocycles. The lowest BCUT2D eigenvalue weighted by molar-refractivity contribution is -0.126. The van der Waals surface area contributed by atoms with Crippen molar-refractivity contribution in [2.75, 3.05) is 13.1 Å². The number of pyridine rings is 1. The Morgan fingerprint density at radius 3 is 2.68 bits per heavy atom. The molecule has 1 aliphatic heterocycles. The molecule has 0 aliphatic carbocycles. The van der Waals surface area contributed by atoms with Crippen LogP contribution in [0.25, 0.3) is 0 Å². The largest absolute Gasteiger partial charge is 0.347 e. The van der Waals surface area contributed by atoms with Crippen LogP contribution in [0.2, 0.25) is 0 Å². The fourth-order valence-corrected chi connectivity index (χ4v) is 2.72. The van der Waals surface area contributed by atoms with Crippen LogP contribution in [0.4, 0.5) is 0 Å². The zero-order chi connectivity index (χ0) is 14.5. The van der Waals surface area contributed by atoms with Crippen molar-refractivity contribution in [3.8, 4) is 0 Å². The number of carbonyl (C=O) groups is 1. The maximum Gasteiger partial charge on any atom is 0.224 e. The first kappa shape index (κ1) is 21.2. The van der Waals surface area contributed by atoms with Crippen LogP contribution in [-0.2, 0) is 4.79 Å². The number of aromatic nitrogens is 1. The molecule has 22 heavy (non-hydrogen) atoms. The molecule has 1 aliphatic rings. The highest BCUT2D eigenvalue weighted by molar-refractivity contribution is 5.85. The lowest BCUT2D eigenvalue weighted by Gasteiger charge is -2.28. The van der Waals surface area contributed by atoms with Crippen LogP contribution in [0.3, 0.4) is 0 Å². The third-order valence-corrected chi connectivity index (χ3v) is 3.98. The molecule has 1 aromatic heterocycles. The van der Waals surface area contributed by atoms with Crippen LogP contribution >= 0.6 is 24.8 Å². The predicted molar refractivity (Wildman–Crippen MR) is 94.8 cm³/mol. The topological polar surface area (TPSA) is 54.0 Å². The second kappa shape index (κ2) is 10.0.